The Bertz CT molecular complexity index is 606. The summed E-state index contributed by atoms with van der Waals surface area (Å²) >= 11 is 0. The van der Waals surface area contributed by atoms with Gasteiger partial charge in [-0.05, 0) is 23.6 Å². The lowest BCUT2D eigenvalue weighted by Gasteiger charge is -2.18. The SMILES string of the molecule is COc1cc(OC)c(C(C)C)cc1-c1ccccc1N. The highest BCUT2D eigenvalue weighted by Gasteiger charge is 2.16. The lowest BCUT2D eigenvalue weighted by atomic mass is 9.94. The van der Waals surface area contributed by atoms with E-state index in [0.717, 1.165) is 33.9 Å². The highest BCUT2D eigenvalue weighted by Crippen LogP contribution is 2.40. The van der Waals surface area contributed by atoms with Crippen LogP contribution < -0.4 is 15.2 Å². The molecule has 0 heterocycles. The molecular weight excluding hydrogens is 250 g/mol. The first kappa shape index (κ1) is 14.3. The van der Waals surface area contributed by atoms with Crippen LogP contribution in [0.15, 0.2) is 36.4 Å². The molecule has 0 fully saturated rings. The van der Waals surface area contributed by atoms with Gasteiger partial charge in [-0.15, -0.1) is 0 Å². The molecule has 2 aromatic rings. The molecule has 0 aromatic heterocycles. The number of nitrogen functional groups attached to an aromatic ring is 1. The number of ether oxygens (including phenoxy) is 2. The van der Waals surface area contributed by atoms with E-state index in [1.54, 1.807) is 14.2 Å². The molecule has 0 bridgehead atoms. The lowest BCUT2D eigenvalue weighted by Crippen LogP contribution is -1.99. The smallest absolute Gasteiger partial charge is 0.130 e. The summed E-state index contributed by atoms with van der Waals surface area (Å²) < 4.78 is 11.0. The van der Waals surface area contributed by atoms with E-state index in [1.165, 1.54) is 0 Å². The van der Waals surface area contributed by atoms with E-state index in [1.807, 2.05) is 30.3 Å². The zero-order valence-electron chi connectivity index (χ0n) is 12.4. The molecule has 0 saturated carbocycles. The summed E-state index contributed by atoms with van der Waals surface area (Å²) in [6.07, 6.45) is 0. The average molecular weight is 271 g/mol. The van der Waals surface area contributed by atoms with Crippen molar-refractivity contribution < 1.29 is 9.47 Å². The lowest BCUT2D eigenvalue weighted by molar-refractivity contribution is 0.390. The number of anilines is 1. The molecule has 0 saturated heterocycles. The molecule has 106 valence electrons. The van der Waals surface area contributed by atoms with Crippen LogP contribution in [-0.2, 0) is 0 Å². The summed E-state index contributed by atoms with van der Waals surface area (Å²) in [5.41, 5.74) is 9.95. The minimum absolute atomic E-state index is 0.361. The van der Waals surface area contributed by atoms with Crippen LogP contribution in [0.4, 0.5) is 5.69 Å². The molecule has 3 heteroatoms. The number of hydrogen-bond donors (Lipinski definition) is 1. The second-order valence-corrected chi connectivity index (χ2v) is 5.04. The van der Waals surface area contributed by atoms with Gasteiger partial charge in [0.05, 0.1) is 14.2 Å². The van der Waals surface area contributed by atoms with Crippen molar-refractivity contribution in [1.29, 1.82) is 0 Å². The third-order valence-electron chi connectivity index (χ3n) is 3.42. The van der Waals surface area contributed by atoms with Crippen molar-refractivity contribution in [2.24, 2.45) is 0 Å². The predicted molar refractivity (Wildman–Crippen MR) is 83.5 cm³/mol. The zero-order valence-corrected chi connectivity index (χ0v) is 12.4. The highest BCUT2D eigenvalue weighted by molar-refractivity contribution is 5.81. The van der Waals surface area contributed by atoms with Gasteiger partial charge >= 0.3 is 0 Å². The maximum atomic E-state index is 6.09. The van der Waals surface area contributed by atoms with Crippen LogP contribution in [0.5, 0.6) is 11.5 Å². The molecule has 0 atom stereocenters. The Kier molecular flexibility index (Phi) is 4.18. The zero-order chi connectivity index (χ0) is 14.7. The molecule has 2 N–H and O–H groups in total. The van der Waals surface area contributed by atoms with E-state index in [4.69, 9.17) is 15.2 Å². The highest BCUT2D eigenvalue weighted by atomic mass is 16.5. The predicted octanol–water partition coefficient (Wildman–Crippen LogP) is 4.08. The van der Waals surface area contributed by atoms with E-state index in [0.29, 0.717) is 5.92 Å². The van der Waals surface area contributed by atoms with Crippen molar-refractivity contribution in [3.63, 3.8) is 0 Å². The molecule has 0 amide bonds. The summed E-state index contributed by atoms with van der Waals surface area (Å²) in [5.74, 6) is 1.97. The van der Waals surface area contributed by atoms with Gasteiger partial charge in [0.2, 0.25) is 0 Å². The third-order valence-corrected chi connectivity index (χ3v) is 3.42. The monoisotopic (exact) mass is 271 g/mol. The Morgan fingerprint density at radius 1 is 0.900 bits per heavy atom. The Morgan fingerprint density at radius 3 is 2.10 bits per heavy atom. The molecule has 0 spiro atoms. The van der Waals surface area contributed by atoms with Crippen LogP contribution in [0.25, 0.3) is 11.1 Å². The van der Waals surface area contributed by atoms with Crippen LogP contribution >= 0.6 is 0 Å². The Hall–Kier alpha value is -2.16. The van der Waals surface area contributed by atoms with Gasteiger partial charge in [0.15, 0.2) is 0 Å². The summed E-state index contributed by atoms with van der Waals surface area (Å²) in [5, 5.41) is 0. The Morgan fingerprint density at radius 2 is 1.55 bits per heavy atom. The topological polar surface area (TPSA) is 44.5 Å². The fourth-order valence-electron chi connectivity index (χ4n) is 2.33. The molecule has 0 aliphatic rings. The van der Waals surface area contributed by atoms with Crippen molar-refractivity contribution in [2.45, 2.75) is 19.8 Å². The minimum atomic E-state index is 0.361. The molecule has 0 unspecified atom stereocenters. The van der Waals surface area contributed by atoms with Crippen molar-refractivity contribution in [3.05, 3.63) is 42.0 Å². The van der Waals surface area contributed by atoms with E-state index >= 15 is 0 Å². The summed E-state index contributed by atoms with van der Waals surface area (Å²) in [7, 11) is 3.34. The third kappa shape index (κ3) is 2.57. The van der Waals surface area contributed by atoms with Gasteiger partial charge in [0.1, 0.15) is 11.5 Å². The quantitative estimate of drug-likeness (QED) is 0.852. The van der Waals surface area contributed by atoms with Gasteiger partial charge in [-0.1, -0.05) is 32.0 Å². The minimum Gasteiger partial charge on any atom is -0.496 e. The molecule has 2 aromatic carbocycles. The first-order chi connectivity index (χ1) is 9.58. The van der Waals surface area contributed by atoms with Crippen molar-refractivity contribution in [1.82, 2.24) is 0 Å². The fourth-order valence-corrected chi connectivity index (χ4v) is 2.33. The molecular formula is C17H21NO2. The van der Waals surface area contributed by atoms with Crippen molar-refractivity contribution in [3.8, 4) is 22.6 Å². The molecule has 2 rings (SSSR count). The number of methoxy groups -OCH3 is 2. The average Bonchev–Trinajstić information content (AvgIpc) is 2.46. The largest absolute Gasteiger partial charge is 0.496 e. The molecule has 0 radical (unpaired) electrons. The summed E-state index contributed by atoms with van der Waals surface area (Å²) in [6, 6.07) is 11.8. The van der Waals surface area contributed by atoms with Crippen molar-refractivity contribution in [2.75, 3.05) is 20.0 Å². The first-order valence-electron chi connectivity index (χ1n) is 6.69. The number of hydrogen-bond acceptors (Lipinski definition) is 3. The molecule has 0 aliphatic heterocycles. The number of nitrogens with two attached hydrogens (primary N) is 1. The van der Waals surface area contributed by atoms with E-state index in [2.05, 4.69) is 19.9 Å². The van der Waals surface area contributed by atoms with Crippen LogP contribution in [0.2, 0.25) is 0 Å². The van der Waals surface area contributed by atoms with Gasteiger partial charge < -0.3 is 15.2 Å². The summed E-state index contributed by atoms with van der Waals surface area (Å²) in [4.78, 5) is 0. The van der Waals surface area contributed by atoms with Crippen molar-refractivity contribution >= 4 is 5.69 Å². The number of rotatable bonds is 4. The maximum absolute atomic E-state index is 6.09. The second-order valence-electron chi connectivity index (χ2n) is 5.04. The molecule has 20 heavy (non-hydrogen) atoms. The van der Waals surface area contributed by atoms with Gasteiger partial charge in [-0.25, -0.2) is 0 Å². The number of benzene rings is 2. The van der Waals surface area contributed by atoms with Gasteiger partial charge in [-0.3, -0.25) is 0 Å². The first-order valence-corrected chi connectivity index (χ1v) is 6.69. The fraction of sp³-hybridized carbons (Fsp3) is 0.294. The van der Waals surface area contributed by atoms with Gasteiger partial charge in [0, 0.05) is 22.9 Å². The second kappa shape index (κ2) is 5.87. The van der Waals surface area contributed by atoms with E-state index < -0.39 is 0 Å². The van der Waals surface area contributed by atoms with Gasteiger partial charge in [-0.2, -0.15) is 0 Å². The van der Waals surface area contributed by atoms with E-state index in [9.17, 15) is 0 Å². The Balaban J connectivity index is 2.69. The van der Waals surface area contributed by atoms with Crippen LogP contribution in [0.3, 0.4) is 0 Å². The maximum Gasteiger partial charge on any atom is 0.130 e. The standard InChI is InChI=1S/C17H21NO2/c1-11(2)13-9-14(12-7-5-6-8-15(12)18)17(20-4)10-16(13)19-3/h5-11H,18H2,1-4H3. The van der Waals surface area contributed by atoms with Crippen LogP contribution in [0.1, 0.15) is 25.3 Å². The molecule has 0 aliphatic carbocycles. The Labute approximate surface area is 120 Å². The normalized spacial score (nSPS) is 10.7. The summed E-state index contributed by atoms with van der Waals surface area (Å²) in [6.45, 7) is 4.28. The van der Waals surface area contributed by atoms with Crippen LogP contribution in [0, 0.1) is 0 Å². The molecule has 3 nitrogen and oxygen atoms in total. The van der Waals surface area contributed by atoms with Gasteiger partial charge in [0.25, 0.3) is 0 Å². The van der Waals surface area contributed by atoms with Crippen LogP contribution in [-0.4, -0.2) is 14.2 Å². The number of para-hydroxylation sites is 1. The van der Waals surface area contributed by atoms with E-state index in [-0.39, 0.29) is 0 Å².